The summed E-state index contributed by atoms with van der Waals surface area (Å²) in [5, 5.41) is 3.67. The number of hydrogen-bond donors (Lipinski definition) is 1. The van der Waals surface area contributed by atoms with Crippen molar-refractivity contribution in [1.29, 1.82) is 0 Å². The van der Waals surface area contributed by atoms with E-state index in [-0.39, 0.29) is 6.10 Å². The van der Waals surface area contributed by atoms with Crippen LogP contribution < -0.4 is 5.32 Å². The Morgan fingerprint density at radius 1 is 1.10 bits per heavy atom. The summed E-state index contributed by atoms with van der Waals surface area (Å²) in [4.78, 5) is 0. The predicted octanol–water partition coefficient (Wildman–Crippen LogP) is 4.49. The molecule has 0 amide bonds. The van der Waals surface area contributed by atoms with Crippen LogP contribution in [0.15, 0.2) is 24.3 Å². The van der Waals surface area contributed by atoms with E-state index in [1.165, 1.54) is 17.5 Å². The van der Waals surface area contributed by atoms with Gasteiger partial charge in [0.1, 0.15) is 0 Å². The fourth-order valence-corrected chi connectivity index (χ4v) is 2.66. The van der Waals surface area contributed by atoms with Gasteiger partial charge in [-0.2, -0.15) is 0 Å². The van der Waals surface area contributed by atoms with Crippen LogP contribution in [-0.4, -0.2) is 19.3 Å². The van der Waals surface area contributed by atoms with Crippen molar-refractivity contribution in [3.8, 4) is 0 Å². The van der Waals surface area contributed by atoms with Crippen molar-refractivity contribution in [2.24, 2.45) is 0 Å². The van der Waals surface area contributed by atoms with Crippen LogP contribution >= 0.6 is 0 Å². The maximum atomic E-state index is 5.94. The van der Waals surface area contributed by atoms with Gasteiger partial charge in [0.15, 0.2) is 0 Å². The van der Waals surface area contributed by atoms with Crippen LogP contribution in [0.25, 0.3) is 0 Å². The Labute approximate surface area is 124 Å². The van der Waals surface area contributed by atoms with Crippen molar-refractivity contribution in [1.82, 2.24) is 5.32 Å². The van der Waals surface area contributed by atoms with Crippen molar-refractivity contribution < 1.29 is 4.74 Å². The minimum absolute atomic E-state index is 0.253. The molecule has 0 aromatic heterocycles. The molecule has 0 aliphatic heterocycles. The summed E-state index contributed by atoms with van der Waals surface area (Å²) >= 11 is 0. The number of nitrogens with one attached hydrogen (secondary N) is 1. The molecule has 2 nitrogen and oxygen atoms in total. The molecule has 0 saturated carbocycles. The fraction of sp³-hybridized carbons (Fsp3) is 0.667. The summed E-state index contributed by atoms with van der Waals surface area (Å²) < 4.78 is 5.94. The average molecular weight is 277 g/mol. The fourth-order valence-electron chi connectivity index (χ4n) is 2.66. The van der Waals surface area contributed by atoms with Crippen LogP contribution in [0.2, 0.25) is 0 Å². The number of hydrogen-bond acceptors (Lipinski definition) is 2. The Morgan fingerprint density at radius 2 is 1.90 bits per heavy atom. The molecular formula is C18H31NO. The summed E-state index contributed by atoms with van der Waals surface area (Å²) in [6.45, 7) is 10.5. The van der Waals surface area contributed by atoms with Crippen LogP contribution in [-0.2, 0) is 11.2 Å². The van der Waals surface area contributed by atoms with Gasteiger partial charge in [0, 0.05) is 6.61 Å². The summed E-state index contributed by atoms with van der Waals surface area (Å²) in [7, 11) is 0. The molecule has 0 aliphatic rings. The van der Waals surface area contributed by atoms with Gasteiger partial charge in [0.05, 0.1) is 12.1 Å². The lowest BCUT2D eigenvalue weighted by Crippen LogP contribution is -2.34. The first-order valence-electron chi connectivity index (χ1n) is 8.20. The molecule has 0 heterocycles. The molecule has 0 radical (unpaired) electrons. The van der Waals surface area contributed by atoms with E-state index in [1.807, 2.05) is 0 Å². The normalized spacial score (nSPS) is 14.2. The second-order valence-electron chi connectivity index (χ2n) is 5.33. The molecule has 2 unspecified atom stereocenters. The molecule has 0 saturated heterocycles. The van der Waals surface area contributed by atoms with E-state index in [0.29, 0.717) is 6.04 Å². The molecule has 1 aromatic rings. The van der Waals surface area contributed by atoms with Crippen molar-refractivity contribution in [3.05, 3.63) is 35.4 Å². The van der Waals surface area contributed by atoms with E-state index in [4.69, 9.17) is 4.74 Å². The van der Waals surface area contributed by atoms with Gasteiger partial charge in [-0.1, -0.05) is 51.5 Å². The Balaban J connectivity index is 2.92. The lowest BCUT2D eigenvalue weighted by atomic mass is 9.96. The van der Waals surface area contributed by atoms with Gasteiger partial charge in [-0.25, -0.2) is 0 Å². The average Bonchev–Trinajstić information content (AvgIpc) is 2.47. The lowest BCUT2D eigenvalue weighted by molar-refractivity contribution is 0.0314. The van der Waals surface area contributed by atoms with Crippen molar-refractivity contribution >= 4 is 0 Å². The van der Waals surface area contributed by atoms with Gasteiger partial charge >= 0.3 is 0 Å². The number of aryl methyl sites for hydroxylation is 1. The molecule has 0 bridgehead atoms. The van der Waals surface area contributed by atoms with Gasteiger partial charge in [-0.05, 0) is 43.9 Å². The smallest absolute Gasteiger partial charge is 0.0766 e. The zero-order chi connectivity index (χ0) is 14.8. The molecule has 0 fully saturated rings. The minimum Gasteiger partial charge on any atom is -0.377 e. The molecule has 1 N–H and O–H groups in total. The molecule has 1 rings (SSSR count). The molecule has 0 aliphatic carbocycles. The van der Waals surface area contributed by atoms with Gasteiger partial charge in [-0.3, -0.25) is 0 Å². The van der Waals surface area contributed by atoms with E-state index in [9.17, 15) is 0 Å². The number of ether oxygens (including phenoxy) is 1. The molecule has 0 spiro atoms. The van der Waals surface area contributed by atoms with E-state index in [0.717, 1.165) is 32.4 Å². The van der Waals surface area contributed by atoms with Crippen LogP contribution in [0.3, 0.4) is 0 Å². The van der Waals surface area contributed by atoms with Crippen LogP contribution in [0.1, 0.15) is 64.1 Å². The molecule has 20 heavy (non-hydrogen) atoms. The van der Waals surface area contributed by atoms with Gasteiger partial charge in [-0.15, -0.1) is 0 Å². The van der Waals surface area contributed by atoms with E-state index in [2.05, 4.69) is 57.3 Å². The first kappa shape index (κ1) is 17.2. The molecule has 1 aromatic carbocycles. The largest absolute Gasteiger partial charge is 0.377 e. The Kier molecular flexibility index (Phi) is 8.56. The van der Waals surface area contributed by atoms with E-state index in [1.54, 1.807) is 0 Å². The van der Waals surface area contributed by atoms with Crippen LogP contribution in [0, 0.1) is 0 Å². The third-order valence-electron chi connectivity index (χ3n) is 3.62. The lowest BCUT2D eigenvalue weighted by Gasteiger charge is -2.28. The van der Waals surface area contributed by atoms with Crippen molar-refractivity contribution in [2.45, 2.75) is 65.5 Å². The van der Waals surface area contributed by atoms with Crippen molar-refractivity contribution in [2.75, 3.05) is 13.2 Å². The van der Waals surface area contributed by atoms with Gasteiger partial charge in [0.25, 0.3) is 0 Å². The number of benzene rings is 1. The standard InChI is InChI=1S/C18H31NO/c1-5-10-15-11-9-12-16(14-15)18(19-13-6-2)17(7-3)20-8-4/h9,11-12,14,17-19H,5-8,10,13H2,1-4H3. The topological polar surface area (TPSA) is 21.3 Å². The SMILES string of the molecule is CCCNC(c1cccc(CCC)c1)C(CC)OCC. The Hall–Kier alpha value is -0.860. The summed E-state index contributed by atoms with van der Waals surface area (Å²) in [6.07, 6.45) is 4.78. The highest BCUT2D eigenvalue weighted by atomic mass is 16.5. The second kappa shape index (κ2) is 9.95. The van der Waals surface area contributed by atoms with E-state index >= 15 is 0 Å². The van der Waals surface area contributed by atoms with E-state index < -0.39 is 0 Å². The zero-order valence-corrected chi connectivity index (χ0v) is 13.6. The predicted molar refractivity (Wildman–Crippen MR) is 87.2 cm³/mol. The third-order valence-corrected chi connectivity index (χ3v) is 3.62. The monoisotopic (exact) mass is 277 g/mol. The molecule has 114 valence electrons. The van der Waals surface area contributed by atoms with Crippen molar-refractivity contribution in [3.63, 3.8) is 0 Å². The van der Waals surface area contributed by atoms with Crippen LogP contribution in [0.5, 0.6) is 0 Å². The quantitative estimate of drug-likeness (QED) is 0.680. The number of rotatable bonds is 10. The Morgan fingerprint density at radius 3 is 2.50 bits per heavy atom. The summed E-state index contributed by atoms with van der Waals surface area (Å²) in [5.41, 5.74) is 2.80. The highest BCUT2D eigenvalue weighted by Gasteiger charge is 2.21. The molecule has 2 heteroatoms. The Bertz CT molecular complexity index is 364. The third kappa shape index (κ3) is 5.26. The van der Waals surface area contributed by atoms with Crippen LogP contribution in [0.4, 0.5) is 0 Å². The first-order valence-corrected chi connectivity index (χ1v) is 8.20. The maximum Gasteiger partial charge on any atom is 0.0766 e. The highest BCUT2D eigenvalue weighted by Crippen LogP contribution is 2.23. The molecular weight excluding hydrogens is 246 g/mol. The van der Waals surface area contributed by atoms with Gasteiger partial charge in [0.2, 0.25) is 0 Å². The maximum absolute atomic E-state index is 5.94. The first-order chi connectivity index (χ1) is 9.76. The molecule has 2 atom stereocenters. The van der Waals surface area contributed by atoms with Gasteiger partial charge < -0.3 is 10.1 Å². The zero-order valence-electron chi connectivity index (χ0n) is 13.6. The second-order valence-corrected chi connectivity index (χ2v) is 5.33. The minimum atomic E-state index is 0.253. The summed E-state index contributed by atoms with van der Waals surface area (Å²) in [6, 6.07) is 9.29. The summed E-state index contributed by atoms with van der Waals surface area (Å²) in [5.74, 6) is 0. The highest BCUT2D eigenvalue weighted by molar-refractivity contribution is 5.27.